The highest BCUT2D eigenvalue weighted by atomic mass is 15.1. The maximum Gasteiger partial charge on any atom is 0.0486 e. The standard InChI is InChI=1S/C24H32N4.CH4/c1-18-5-6-23-21(15-18)22-17-27(4)14-10-24(22)28(23)16-20(9-13-26(2)3)19-7-11-25-12-8-19;/h5-8,11-12,15,20H,9-10,13-14,16-17H2,1-4H3;1H4. The lowest BCUT2D eigenvalue weighted by atomic mass is 9.96. The fourth-order valence-electron chi connectivity index (χ4n) is 4.54. The van der Waals surface area contributed by atoms with Crippen molar-refractivity contribution < 1.29 is 0 Å². The highest BCUT2D eigenvalue weighted by molar-refractivity contribution is 5.86. The van der Waals surface area contributed by atoms with Crippen LogP contribution >= 0.6 is 0 Å². The van der Waals surface area contributed by atoms with Crippen LogP contribution in [0.5, 0.6) is 0 Å². The summed E-state index contributed by atoms with van der Waals surface area (Å²) in [6.45, 7) is 6.53. The predicted molar refractivity (Wildman–Crippen MR) is 124 cm³/mol. The van der Waals surface area contributed by atoms with Crippen LogP contribution in [-0.4, -0.2) is 53.6 Å². The average Bonchev–Trinajstić information content (AvgIpc) is 2.97. The van der Waals surface area contributed by atoms with Crippen molar-refractivity contribution in [2.24, 2.45) is 0 Å². The molecule has 2 aromatic heterocycles. The van der Waals surface area contributed by atoms with Crippen molar-refractivity contribution in [3.63, 3.8) is 0 Å². The molecule has 0 saturated carbocycles. The molecule has 3 heterocycles. The molecular weight excluding hydrogens is 356 g/mol. The van der Waals surface area contributed by atoms with Crippen molar-refractivity contribution in [1.82, 2.24) is 19.4 Å². The minimum Gasteiger partial charge on any atom is -0.344 e. The van der Waals surface area contributed by atoms with Gasteiger partial charge in [-0.25, -0.2) is 0 Å². The normalized spacial score (nSPS) is 15.3. The summed E-state index contributed by atoms with van der Waals surface area (Å²) >= 11 is 0. The zero-order valence-electron chi connectivity index (χ0n) is 17.7. The summed E-state index contributed by atoms with van der Waals surface area (Å²) in [6.07, 6.45) is 6.15. The van der Waals surface area contributed by atoms with E-state index in [0.717, 1.165) is 39.0 Å². The van der Waals surface area contributed by atoms with E-state index in [4.69, 9.17) is 0 Å². The molecule has 1 atom stereocenters. The van der Waals surface area contributed by atoms with E-state index in [1.807, 2.05) is 12.4 Å². The monoisotopic (exact) mass is 392 g/mol. The van der Waals surface area contributed by atoms with E-state index in [-0.39, 0.29) is 7.43 Å². The number of hydrogen-bond donors (Lipinski definition) is 0. The molecule has 0 bridgehead atoms. The van der Waals surface area contributed by atoms with Crippen LogP contribution in [0.3, 0.4) is 0 Å². The van der Waals surface area contributed by atoms with Gasteiger partial charge in [0.25, 0.3) is 0 Å². The van der Waals surface area contributed by atoms with Crippen LogP contribution in [0, 0.1) is 6.92 Å². The lowest BCUT2D eigenvalue weighted by Crippen LogP contribution is -2.28. The van der Waals surface area contributed by atoms with Crippen LogP contribution in [0.25, 0.3) is 10.9 Å². The van der Waals surface area contributed by atoms with Gasteiger partial charge < -0.3 is 14.4 Å². The number of hydrogen-bond acceptors (Lipinski definition) is 3. The molecule has 0 spiro atoms. The molecule has 0 amide bonds. The quantitative estimate of drug-likeness (QED) is 0.607. The lowest BCUT2D eigenvalue weighted by Gasteiger charge is -2.26. The number of pyridine rings is 1. The van der Waals surface area contributed by atoms with Crippen LogP contribution in [0.2, 0.25) is 0 Å². The number of rotatable bonds is 6. The van der Waals surface area contributed by atoms with Gasteiger partial charge in [-0.15, -0.1) is 0 Å². The van der Waals surface area contributed by atoms with Crippen molar-refractivity contribution >= 4 is 10.9 Å². The van der Waals surface area contributed by atoms with Crippen molar-refractivity contribution in [3.8, 4) is 0 Å². The summed E-state index contributed by atoms with van der Waals surface area (Å²) in [5.74, 6) is 0.492. The smallest absolute Gasteiger partial charge is 0.0486 e. The van der Waals surface area contributed by atoms with E-state index in [9.17, 15) is 0 Å². The maximum absolute atomic E-state index is 4.24. The number of likely N-dealkylation sites (N-methyl/N-ethyl adjacent to an activating group) is 1. The molecule has 1 unspecified atom stereocenters. The highest BCUT2D eigenvalue weighted by Gasteiger charge is 2.24. The number of aromatic nitrogens is 2. The van der Waals surface area contributed by atoms with Gasteiger partial charge in [0, 0.05) is 61.0 Å². The van der Waals surface area contributed by atoms with Gasteiger partial charge in [-0.1, -0.05) is 19.1 Å². The Morgan fingerprint density at radius 1 is 1.14 bits per heavy atom. The summed E-state index contributed by atoms with van der Waals surface area (Å²) < 4.78 is 2.62. The Bertz CT molecular complexity index is 942. The molecule has 29 heavy (non-hydrogen) atoms. The zero-order valence-corrected chi connectivity index (χ0v) is 17.7. The first-order chi connectivity index (χ1) is 13.5. The number of aryl methyl sites for hydroxylation is 1. The van der Waals surface area contributed by atoms with E-state index in [2.05, 4.69) is 77.7 Å². The van der Waals surface area contributed by atoms with Crippen molar-refractivity contribution in [2.45, 2.75) is 46.2 Å². The molecule has 1 aliphatic heterocycles. The third-order valence-electron chi connectivity index (χ3n) is 6.11. The van der Waals surface area contributed by atoms with E-state index in [0.29, 0.717) is 5.92 Å². The highest BCUT2D eigenvalue weighted by Crippen LogP contribution is 2.34. The summed E-state index contributed by atoms with van der Waals surface area (Å²) in [5.41, 5.74) is 7.22. The average molecular weight is 393 g/mol. The molecule has 4 rings (SSSR count). The fourth-order valence-corrected chi connectivity index (χ4v) is 4.54. The zero-order chi connectivity index (χ0) is 19.7. The Balaban J connectivity index is 0.00000240. The molecule has 4 heteroatoms. The molecule has 156 valence electrons. The largest absolute Gasteiger partial charge is 0.344 e. The van der Waals surface area contributed by atoms with Gasteiger partial charge in [0.05, 0.1) is 0 Å². The Kier molecular flexibility index (Phi) is 6.76. The van der Waals surface area contributed by atoms with Crippen LogP contribution in [0.1, 0.15) is 42.1 Å². The van der Waals surface area contributed by atoms with Crippen LogP contribution in [-0.2, 0) is 19.5 Å². The first-order valence-corrected chi connectivity index (χ1v) is 10.4. The fraction of sp³-hybridized carbons (Fsp3) is 0.480. The minimum atomic E-state index is 0. The number of nitrogens with zero attached hydrogens (tertiary/aromatic N) is 4. The molecule has 0 radical (unpaired) electrons. The van der Waals surface area contributed by atoms with Crippen molar-refractivity contribution in [2.75, 3.05) is 34.2 Å². The summed E-state index contributed by atoms with van der Waals surface area (Å²) in [4.78, 5) is 8.97. The van der Waals surface area contributed by atoms with Crippen LogP contribution < -0.4 is 0 Å². The topological polar surface area (TPSA) is 24.3 Å². The Labute approximate surface area is 176 Å². The molecule has 1 aromatic carbocycles. The third-order valence-corrected chi connectivity index (χ3v) is 6.11. The SMILES string of the molecule is C.Cc1ccc2c(c1)c1c(n2CC(CCN(C)C)c2ccncc2)CCN(C)C1. The molecule has 0 fully saturated rings. The van der Waals surface area contributed by atoms with E-state index in [1.54, 1.807) is 5.69 Å². The van der Waals surface area contributed by atoms with Crippen molar-refractivity contribution in [3.05, 3.63) is 65.1 Å². The molecule has 0 N–H and O–H groups in total. The van der Waals surface area contributed by atoms with Crippen molar-refractivity contribution in [1.29, 1.82) is 0 Å². The van der Waals surface area contributed by atoms with E-state index < -0.39 is 0 Å². The van der Waals surface area contributed by atoms with Gasteiger partial charge in [0.15, 0.2) is 0 Å². The number of fused-ring (bicyclic) bond motifs is 3. The Morgan fingerprint density at radius 2 is 1.90 bits per heavy atom. The van der Waals surface area contributed by atoms with Gasteiger partial charge >= 0.3 is 0 Å². The lowest BCUT2D eigenvalue weighted by molar-refractivity contribution is 0.307. The third kappa shape index (κ3) is 4.54. The molecule has 0 aliphatic carbocycles. The second kappa shape index (κ2) is 9.10. The molecular formula is C25H36N4. The Hall–Kier alpha value is -2.17. The maximum atomic E-state index is 4.24. The van der Waals surface area contributed by atoms with Gasteiger partial charge in [0.1, 0.15) is 0 Å². The van der Waals surface area contributed by atoms with Gasteiger partial charge in [-0.05, 0) is 76.4 Å². The second-order valence-corrected chi connectivity index (χ2v) is 8.61. The van der Waals surface area contributed by atoms with E-state index >= 15 is 0 Å². The second-order valence-electron chi connectivity index (χ2n) is 8.61. The molecule has 0 saturated heterocycles. The predicted octanol–water partition coefficient (Wildman–Crippen LogP) is 4.70. The van der Waals surface area contributed by atoms with Gasteiger partial charge in [-0.3, -0.25) is 4.98 Å². The Morgan fingerprint density at radius 3 is 2.62 bits per heavy atom. The van der Waals surface area contributed by atoms with Gasteiger partial charge in [-0.2, -0.15) is 0 Å². The summed E-state index contributed by atoms with van der Waals surface area (Å²) in [6, 6.07) is 11.4. The first-order valence-electron chi connectivity index (χ1n) is 10.4. The minimum absolute atomic E-state index is 0. The van der Waals surface area contributed by atoms with Crippen LogP contribution in [0.15, 0.2) is 42.7 Å². The molecule has 1 aliphatic rings. The molecule has 4 nitrogen and oxygen atoms in total. The molecule has 3 aromatic rings. The number of benzene rings is 1. The van der Waals surface area contributed by atoms with Crippen LogP contribution in [0.4, 0.5) is 0 Å². The first kappa shape index (κ1) is 21.5. The van der Waals surface area contributed by atoms with Gasteiger partial charge in [0.2, 0.25) is 0 Å². The van der Waals surface area contributed by atoms with E-state index in [1.165, 1.54) is 27.6 Å². The summed E-state index contributed by atoms with van der Waals surface area (Å²) in [5, 5.41) is 1.45. The summed E-state index contributed by atoms with van der Waals surface area (Å²) in [7, 11) is 6.56.